The standard InChI is InChI=1S/C20H22N2O3/c1-15(12-21)13-22(2)20(23)17-9-10-18(19(11-17)24-3)25-14-16-7-5-4-6-8-16/h4-11,15H,13-14H2,1-3H3/t15-/m0/s1. The van der Waals surface area contributed by atoms with E-state index in [1.165, 1.54) is 4.90 Å². The fraction of sp³-hybridized carbons (Fsp3) is 0.300. The molecule has 2 rings (SSSR count). The SMILES string of the molecule is COc1cc(C(=O)N(C)C[C@@H](C)C#N)ccc1OCc1ccccc1. The van der Waals surface area contributed by atoms with Gasteiger partial charge in [-0.2, -0.15) is 5.26 Å². The highest BCUT2D eigenvalue weighted by Gasteiger charge is 2.16. The summed E-state index contributed by atoms with van der Waals surface area (Å²) in [7, 11) is 3.23. The first-order valence-electron chi connectivity index (χ1n) is 8.05. The fourth-order valence-electron chi connectivity index (χ4n) is 2.41. The second-order valence-electron chi connectivity index (χ2n) is 5.86. The summed E-state index contributed by atoms with van der Waals surface area (Å²) in [5.74, 6) is 0.707. The number of rotatable bonds is 7. The van der Waals surface area contributed by atoms with Crippen molar-refractivity contribution in [3.63, 3.8) is 0 Å². The van der Waals surface area contributed by atoms with Crippen LogP contribution in [0.4, 0.5) is 0 Å². The largest absolute Gasteiger partial charge is 0.493 e. The quantitative estimate of drug-likeness (QED) is 0.775. The molecule has 0 bridgehead atoms. The molecule has 0 unspecified atom stereocenters. The molecule has 0 aliphatic heterocycles. The van der Waals surface area contributed by atoms with Crippen LogP contribution in [0.2, 0.25) is 0 Å². The van der Waals surface area contributed by atoms with E-state index in [0.29, 0.717) is 30.2 Å². The van der Waals surface area contributed by atoms with Gasteiger partial charge >= 0.3 is 0 Å². The molecular weight excluding hydrogens is 316 g/mol. The molecule has 0 spiro atoms. The first kappa shape index (κ1) is 18.3. The lowest BCUT2D eigenvalue weighted by molar-refractivity contribution is 0.0784. The molecule has 2 aromatic carbocycles. The van der Waals surface area contributed by atoms with Crippen LogP contribution in [0.3, 0.4) is 0 Å². The average Bonchev–Trinajstić information content (AvgIpc) is 2.66. The predicted molar refractivity (Wildman–Crippen MR) is 95.5 cm³/mol. The predicted octanol–water partition coefficient (Wildman–Crippen LogP) is 3.51. The summed E-state index contributed by atoms with van der Waals surface area (Å²) in [5, 5.41) is 8.88. The van der Waals surface area contributed by atoms with Crippen molar-refractivity contribution in [2.75, 3.05) is 20.7 Å². The summed E-state index contributed by atoms with van der Waals surface area (Å²) in [5.41, 5.74) is 1.55. The average molecular weight is 338 g/mol. The topological polar surface area (TPSA) is 62.6 Å². The molecule has 1 atom stereocenters. The number of carbonyl (C=O) groups excluding carboxylic acids is 1. The number of methoxy groups -OCH3 is 1. The van der Waals surface area contributed by atoms with E-state index in [9.17, 15) is 4.79 Å². The Kier molecular flexibility index (Phi) is 6.41. The van der Waals surface area contributed by atoms with Crippen LogP contribution in [0.5, 0.6) is 11.5 Å². The summed E-state index contributed by atoms with van der Waals surface area (Å²) >= 11 is 0. The van der Waals surface area contributed by atoms with E-state index in [1.807, 2.05) is 30.3 Å². The molecule has 25 heavy (non-hydrogen) atoms. The summed E-state index contributed by atoms with van der Waals surface area (Å²) in [6.07, 6.45) is 0. The maximum Gasteiger partial charge on any atom is 0.253 e. The van der Waals surface area contributed by atoms with Gasteiger partial charge in [0.1, 0.15) is 6.61 Å². The maximum atomic E-state index is 12.5. The second-order valence-corrected chi connectivity index (χ2v) is 5.86. The van der Waals surface area contributed by atoms with Crippen LogP contribution < -0.4 is 9.47 Å². The molecule has 5 nitrogen and oxygen atoms in total. The third kappa shape index (κ3) is 4.98. The minimum absolute atomic E-state index is 0.157. The zero-order valence-corrected chi connectivity index (χ0v) is 14.7. The van der Waals surface area contributed by atoms with Gasteiger partial charge < -0.3 is 14.4 Å². The number of hydrogen-bond donors (Lipinski definition) is 0. The van der Waals surface area contributed by atoms with Crippen LogP contribution in [0, 0.1) is 17.2 Å². The molecule has 0 saturated heterocycles. The summed E-state index contributed by atoms with van der Waals surface area (Å²) in [4.78, 5) is 14.0. The van der Waals surface area contributed by atoms with E-state index in [0.717, 1.165) is 5.56 Å². The van der Waals surface area contributed by atoms with E-state index in [4.69, 9.17) is 14.7 Å². The Morgan fingerprint density at radius 2 is 1.92 bits per heavy atom. The molecule has 2 aromatic rings. The first-order chi connectivity index (χ1) is 12.0. The molecule has 0 aliphatic carbocycles. The highest BCUT2D eigenvalue weighted by Crippen LogP contribution is 2.29. The Morgan fingerprint density at radius 1 is 1.20 bits per heavy atom. The van der Waals surface area contributed by atoms with Crippen molar-refractivity contribution in [3.8, 4) is 17.6 Å². The Labute approximate surface area is 148 Å². The van der Waals surface area contributed by atoms with Gasteiger partial charge in [-0.05, 0) is 30.7 Å². The molecule has 0 fully saturated rings. The van der Waals surface area contributed by atoms with Crippen LogP contribution in [0.25, 0.3) is 0 Å². The molecule has 1 amide bonds. The Morgan fingerprint density at radius 3 is 2.56 bits per heavy atom. The van der Waals surface area contributed by atoms with Crippen molar-refractivity contribution in [2.45, 2.75) is 13.5 Å². The van der Waals surface area contributed by atoms with Crippen LogP contribution in [0.1, 0.15) is 22.8 Å². The number of amides is 1. The van der Waals surface area contributed by atoms with Crippen LogP contribution in [0.15, 0.2) is 48.5 Å². The monoisotopic (exact) mass is 338 g/mol. The zero-order chi connectivity index (χ0) is 18.2. The van der Waals surface area contributed by atoms with Crippen molar-refractivity contribution in [1.82, 2.24) is 4.90 Å². The molecule has 0 aliphatic rings. The molecule has 130 valence electrons. The normalized spacial score (nSPS) is 11.3. The van der Waals surface area contributed by atoms with Gasteiger partial charge in [-0.3, -0.25) is 4.79 Å². The van der Waals surface area contributed by atoms with Crippen LogP contribution in [-0.4, -0.2) is 31.5 Å². The van der Waals surface area contributed by atoms with Crippen molar-refractivity contribution in [2.24, 2.45) is 5.92 Å². The molecule has 0 heterocycles. The van der Waals surface area contributed by atoms with E-state index in [-0.39, 0.29) is 11.8 Å². The summed E-state index contributed by atoms with van der Waals surface area (Å²) in [6.45, 7) is 2.58. The lowest BCUT2D eigenvalue weighted by Gasteiger charge is -2.19. The Hall–Kier alpha value is -3.00. The zero-order valence-electron chi connectivity index (χ0n) is 14.7. The van der Waals surface area contributed by atoms with E-state index < -0.39 is 0 Å². The van der Waals surface area contributed by atoms with E-state index >= 15 is 0 Å². The number of carbonyl (C=O) groups is 1. The molecule has 0 radical (unpaired) electrons. The van der Waals surface area contributed by atoms with Crippen LogP contribution in [-0.2, 0) is 6.61 Å². The summed E-state index contributed by atoms with van der Waals surface area (Å²) < 4.78 is 11.2. The van der Waals surface area contributed by atoms with Gasteiger partial charge in [0.2, 0.25) is 0 Å². The number of benzene rings is 2. The number of nitriles is 1. The maximum absolute atomic E-state index is 12.5. The van der Waals surface area contributed by atoms with Gasteiger partial charge in [-0.15, -0.1) is 0 Å². The minimum Gasteiger partial charge on any atom is -0.493 e. The number of ether oxygens (including phenoxy) is 2. The molecular formula is C20H22N2O3. The molecule has 5 heteroatoms. The van der Waals surface area contributed by atoms with Crippen molar-refractivity contribution in [3.05, 3.63) is 59.7 Å². The van der Waals surface area contributed by atoms with E-state index in [2.05, 4.69) is 6.07 Å². The first-order valence-corrected chi connectivity index (χ1v) is 8.05. The van der Waals surface area contributed by atoms with Gasteiger partial charge in [0, 0.05) is 19.2 Å². The van der Waals surface area contributed by atoms with Crippen molar-refractivity contribution >= 4 is 5.91 Å². The van der Waals surface area contributed by atoms with Gasteiger partial charge in [0.05, 0.1) is 19.1 Å². The van der Waals surface area contributed by atoms with Crippen molar-refractivity contribution < 1.29 is 14.3 Å². The van der Waals surface area contributed by atoms with Gasteiger partial charge in [-0.25, -0.2) is 0 Å². The molecule has 0 saturated carbocycles. The highest BCUT2D eigenvalue weighted by atomic mass is 16.5. The fourth-order valence-corrected chi connectivity index (χ4v) is 2.41. The third-order valence-corrected chi connectivity index (χ3v) is 3.76. The minimum atomic E-state index is -0.218. The molecule has 0 N–H and O–H groups in total. The lowest BCUT2D eigenvalue weighted by Crippen LogP contribution is -2.30. The Bertz CT molecular complexity index is 753. The highest BCUT2D eigenvalue weighted by molar-refractivity contribution is 5.94. The third-order valence-electron chi connectivity index (χ3n) is 3.76. The van der Waals surface area contributed by atoms with Gasteiger partial charge in [-0.1, -0.05) is 30.3 Å². The lowest BCUT2D eigenvalue weighted by atomic mass is 10.1. The number of hydrogen-bond acceptors (Lipinski definition) is 4. The number of nitrogens with zero attached hydrogens (tertiary/aromatic N) is 2. The smallest absolute Gasteiger partial charge is 0.253 e. The van der Waals surface area contributed by atoms with Crippen LogP contribution >= 0.6 is 0 Å². The second kappa shape index (κ2) is 8.74. The molecule has 0 aromatic heterocycles. The van der Waals surface area contributed by atoms with Gasteiger partial charge in [0.15, 0.2) is 11.5 Å². The van der Waals surface area contributed by atoms with Gasteiger partial charge in [0.25, 0.3) is 5.91 Å². The summed E-state index contributed by atoms with van der Waals surface area (Å²) in [6, 6.07) is 17.1. The Balaban J connectivity index is 2.10. The van der Waals surface area contributed by atoms with Crippen molar-refractivity contribution in [1.29, 1.82) is 5.26 Å². The van der Waals surface area contributed by atoms with E-state index in [1.54, 1.807) is 39.3 Å².